The van der Waals surface area contributed by atoms with Crippen LogP contribution in [0.1, 0.15) is 13.3 Å². The van der Waals surface area contributed by atoms with E-state index in [2.05, 4.69) is 0 Å². The van der Waals surface area contributed by atoms with Crippen LogP contribution in [0.5, 0.6) is 0 Å². The summed E-state index contributed by atoms with van der Waals surface area (Å²) in [6, 6.07) is 0. The largest absolute Gasteiger partial charge is 0.480 e. The molecule has 0 aromatic rings. The van der Waals surface area contributed by atoms with Crippen LogP contribution in [0.15, 0.2) is 0 Å². The van der Waals surface area contributed by atoms with Gasteiger partial charge in [-0.1, -0.05) is 29.5 Å². The van der Waals surface area contributed by atoms with Gasteiger partial charge in [-0.25, -0.2) is 0 Å². The first-order chi connectivity index (χ1) is 3.18. The summed E-state index contributed by atoms with van der Waals surface area (Å²) in [5.41, 5.74) is 0. The Hall–Kier alpha value is 0.120. The molecule has 4 nitrogen and oxygen atoms in total. The first-order valence-electron chi connectivity index (χ1n) is 2.05. The number of hydrogen-bond donors (Lipinski definition) is 3. The van der Waals surface area contributed by atoms with Gasteiger partial charge in [-0.3, -0.25) is 4.79 Å². The zero-order chi connectivity index (χ0) is 5.86. The van der Waals surface area contributed by atoms with Gasteiger partial charge < -0.3 is 17.4 Å². The molecule has 0 radical (unpaired) electrons. The van der Waals surface area contributed by atoms with Gasteiger partial charge in [0, 0.05) is 0 Å². The van der Waals surface area contributed by atoms with Crippen LogP contribution in [0.25, 0.3) is 0 Å². The minimum Gasteiger partial charge on any atom is -0.480 e. The van der Waals surface area contributed by atoms with Crippen LogP contribution in [0.4, 0.5) is 0 Å². The molecule has 0 fully saturated rings. The number of aliphatic carboxylic acids is 1. The van der Waals surface area contributed by atoms with Crippen LogP contribution in [-0.4, -0.2) is 15.0 Å². The molecule has 0 aliphatic carbocycles. The summed E-state index contributed by atoms with van der Waals surface area (Å²) in [4.78, 5) is 9.92. The van der Waals surface area contributed by atoms with Crippen molar-refractivity contribution < 1.29 is 9.90 Å². The first kappa shape index (κ1) is 16.1. The summed E-state index contributed by atoms with van der Waals surface area (Å²) in [7, 11) is 0. The van der Waals surface area contributed by atoms with Crippen molar-refractivity contribution in [2.45, 2.75) is 17.3 Å². The second-order valence-electron chi connectivity index (χ2n) is 1.21. The molecule has 5 heteroatoms. The molecule has 0 spiro atoms. The van der Waals surface area contributed by atoms with E-state index in [4.69, 9.17) is 5.11 Å². The Kier molecular flexibility index (Phi) is 14.5. The average Bonchev–Trinajstić information content (AvgIpc) is 1.65. The Balaban J connectivity index is -0.000000180. The molecule has 0 saturated heterocycles. The molecule has 1 atom stereocenters. The lowest BCUT2D eigenvalue weighted by molar-refractivity contribution is -0.136. The first-order valence-corrected chi connectivity index (χ1v) is 3.30. The zero-order valence-corrected chi connectivity index (χ0v) is 7.59. The topological polar surface area (TPSA) is 107 Å². The van der Waals surface area contributed by atoms with Gasteiger partial charge in [0.05, 0.1) is 0 Å². The quantitative estimate of drug-likeness (QED) is 0.509. The van der Waals surface area contributed by atoms with E-state index < -0.39 is 5.97 Å². The number of halogens is 1. The van der Waals surface area contributed by atoms with E-state index in [-0.39, 0.29) is 16.2 Å². The van der Waals surface area contributed by atoms with Gasteiger partial charge in [0.1, 0.15) is 3.92 Å². The highest BCUT2D eigenvalue weighted by atomic mass is 127. The average molecular weight is 248 g/mol. The van der Waals surface area contributed by atoms with E-state index in [1.54, 1.807) is 0 Å². The van der Waals surface area contributed by atoms with Crippen LogP contribution in [0.2, 0.25) is 0 Å². The molecule has 0 rings (SSSR count). The Morgan fingerprint density at radius 2 is 2.00 bits per heavy atom. The number of carboxylic acids is 1. The monoisotopic (exact) mass is 248 g/mol. The molecule has 58 valence electrons. The third-order valence-electron chi connectivity index (χ3n) is 0.626. The summed E-state index contributed by atoms with van der Waals surface area (Å²) in [5, 5.41) is 8.17. The van der Waals surface area contributed by atoms with Crippen LogP contribution >= 0.6 is 22.6 Å². The van der Waals surface area contributed by atoms with Gasteiger partial charge >= 0.3 is 5.97 Å². The van der Waals surface area contributed by atoms with E-state index in [0.717, 1.165) is 0 Å². The second kappa shape index (κ2) is 8.12. The van der Waals surface area contributed by atoms with Gasteiger partial charge in [-0.15, -0.1) is 0 Å². The molecular weight excluding hydrogens is 235 g/mol. The Labute approximate surface area is 68.3 Å². The molecule has 0 bridgehead atoms. The Morgan fingerprint density at radius 3 is 2.00 bits per heavy atom. The maximum atomic E-state index is 9.92. The fraction of sp³-hybridized carbons (Fsp3) is 0.750. The van der Waals surface area contributed by atoms with Gasteiger partial charge in [0.15, 0.2) is 0 Å². The zero-order valence-electron chi connectivity index (χ0n) is 5.43. The minimum atomic E-state index is -0.719. The number of hydrogen-bond acceptors (Lipinski definition) is 3. The summed E-state index contributed by atoms with van der Waals surface area (Å²) >= 11 is 1.90. The van der Waals surface area contributed by atoms with Gasteiger partial charge in [-0.2, -0.15) is 0 Å². The van der Waals surface area contributed by atoms with E-state index in [0.29, 0.717) is 6.42 Å². The van der Waals surface area contributed by atoms with Gasteiger partial charge in [0.2, 0.25) is 0 Å². The van der Waals surface area contributed by atoms with E-state index in [1.165, 1.54) is 0 Å². The lowest BCUT2D eigenvalue weighted by Crippen LogP contribution is -2.09. The number of alkyl halides is 1. The molecule has 0 amide bonds. The smallest absolute Gasteiger partial charge is 0.316 e. The predicted molar refractivity (Wildman–Crippen MR) is 45.8 cm³/mol. The number of carbonyl (C=O) groups is 1. The van der Waals surface area contributed by atoms with Crippen molar-refractivity contribution in [3.63, 3.8) is 0 Å². The highest BCUT2D eigenvalue weighted by Gasteiger charge is 2.07. The molecule has 0 aromatic carbocycles. The molecule has 9 heavy (non-hydrogen) atoms. The van der Waals surface area contributed by atoms with Crippen LogP contribution in [0, 0.1) is 0 Å². The number of carboxylic acid groups (broad SMARTS) is 1. The molecule has 0 aromatic heterocycles. The normalized spacial score (nSPS) is 10.4. The van der Waals surface area contributed by atoms with E-state index >= 15 is 0 Å². The number of rotatable bonds is 2. The fourth-order valence-corrected chi connectivity index (χ4v) is 0.175. The maximum Gasteiger partial charge on any atom is 0.316 e. The molecule has 0 saturated carbocycles. The molecule has 0 heterocycles. The van der Waals surface area contributed by atoms with Crippen molar-refractivity contribution in [2.75, 3.05) is 0 Å². The van der Waals surface area contributed by atoms with Crippen molar-refractivity contribution in [3.05, 3.63) is 0 Å². The summed E-state index contributed by atoms with van der Waals surface area (Å²) in [6.07, 6.45) is 0.704. The molecule has 7 N–H and O–H groups in total. The summed E-state index contributed by atoms with van der Waals surface area (Å²) < 4.78 is -0.211. The lowest BCUT2D eigenvalue weighted by Gasteiger charge is -1.94. The lowest BCUT2D eigenvalue weighted by atomic mass is 10.3. The Bertz CT molecular complexity index is 79.0. The van der Waals surface area contributed by atoms with E-state index in [1.807, 2.05) is 29.5 Å². The minimum absolute atomic E-state index is 0. The maximum absolute atomic E-state index is 9.92. The Morgan fingerprint density at radius 1 is 1.67 bits per heavy atom. The van der Waals surface area contributed by atoms with Crippen molar-refractivity contribution in [1.82, 2.24) is 12.3 Å². The van der Waals surface area contributed by atoms with Gasteiger partial charge in [-0.05, 0) is 6.42 Å². The van der Waals surface area contributed by atoms with Gasteiger partial charge in [0.25, 0.3) is 0 Å². The molecule has 0 aliphatic heterocycles. The van der Waals surface area contributed by atoms with Crippen molar-refractivity contribution in [1.29, 1.82) is 0 Å². The summed E-state index contributed by atoms with van der Waals surface area (Å²) in [6.45, 7) is 1.85. The predicted octanol–water partition coefficient (Wildman–Crippen LogP) is 1.61. The standard InChI is InChI=1S/C4H7IO2.2H3N/c1-2-3(5)4(6)7;;/h3H,2H2,1H3,(H,6,7);2*1H3. The third-order valence-corrected chi connectivity index (χ3v) is 2.04. The molecule has 0 aliphatic rings. The van der Waals surface area contributed by atoms with Crippen molar-refractivity contribution >= 4 is 28.6 Å². The van der Waals surface area contributed by atoms with E-state index in [9.17, 15) is 4.79 Å². The highest BCUT2D eigenvalue weighted by molar-refractivity contribution is 14.1. The second-order valence-corrected chi connectivity index (χ2v) is 2.72. The fourth-order valence-electron chi connectivity index (χ4n) is 0.175. The molecular formula is C4H13IN2O2. The SMILES string of the molecule is CCC(I)C(=O)O.N.N. The highest BCUT2D eigenvalue weighted by Crippen LogP contribution is 2.03. The van der Waals surface area contributed by atoms with Crippen molar-refractivity contribution in [3.8, 4) is 0 Å². The van der Waals surface area contributed by atoms with Crippen LogP contribution in [-0.2, 0) is 4.79 Å². The molecule has 1 unspecified atom stereocenters. The summed E-state index contributed by atoms with van der Waals surface area (Å²) in [5.74, 6) is -0.719. The van der Waals surface area contributed by atoms with Crippen molar-refractivity contribution in [2.24, 2.45) is 0 Å². The third kappa shape index (κ3) is 8.12. The van der Waals surface area contributed by atoms with Crippen LogP contribution < -0.4 is 12.3 Å². The van der Waals surface area contributed by atoms with Crippen LogP contribution in [0.3, 0.4) is 0 Å².